The SMILES string of the molecule is CCCS(=O)(=O)Oc1ccc(-c2ccc3c(c2COc2cc([N+](=O)[O-])ccc2C)C(C)=CC(C)(C)N3)c(OC)c1. The molecule has 1 N–H and O–H groups in total. The minimum absolute atomic E-state index is 0.0503. The maximum atomic E-state index is 12.2. The van der Waals surface area contributed by atoms with Crippen LogP contribution in [-0.4, -0.2) is 31.7 Å². The molecule has 0 spiro atoms. The predicted molar refractivity (Wildman–Crippen MR) is 157 cm³/mol. The van der Waals surface area contributed by atoms with E-state index in [-0.39, 0.29) is 29.3 Å². The molecule has 0 bridgehead atoms. The van der Waals surface area contributed by atoms with Gasteiger partial charge in [-0.2, -0.15) is 8.42 Å². The van der Waals surface area contributed by atoms with Gasteiger partial charge in [-0.05, 0) is 75.1 Å². The summed E-state index contributed by atoms with van der Waals surface area (Å²) in [4.78, 5) is 10.9. The van der Waals surface area contributed by atoms with E-state index in [0.29, 0.717) is 17.9 Å². The summed E-state index contributed by atoms with van der Waals surface area (Å²) in [5, 5.41) is 14.9. The molecular weight excluding hydrogens is 532 g/mol. The van der Waals surface area contributed by atoms with Crippen LogP contribution in [-0.2, 0) is 16.7 Å². The van der Waals surface area contributed by atoms with Gasteiger partial charge >= 0.3 is 10.1 Å². The normalized spacial score (nSPS) is 14.0. The monoisotopic (exact) mass is 566 g/mol. The topological polar surface area (TPSA) is 117 Å². The highest BCUT2D eigenvalue weighted by atomic mass is 32.2. The van der Waals surface area contributed by atoms with Gasteiger partial charge in [0.05, 0.1) is 29.4 Å². The van der Waals surface area contributed by atoms with E-state index < -0.39 is 15.0 Å². The van der Waals surface area contributed by atoms with Gasteiger partial charge in [0.1, 0.15) is 23.9 Å². The number of fused-ring (bicyclic) bond motifs is 1. The molecule has 0 fully saturated rings. The Hall–Kier alpha value is -4.05. The fraction of sp³-hybridized carbons (Fsp3) is 0.333. The maximum absolute atomic E-state index is 12.2. The lowest BCUT2D eigenvalue weighted by atomic mass is 9.85. The number of rotatable bonds is 10. The van der Waals surface area contributed by atoms with Crippen molar-refractivity contribution in [2.24, 2.45) is 0 Å². The average molecular weight is 567 g/mol. The Bertz CT molecular complexity index is 1590. The molecule has 0 saturated heterocycles. The van der Waals surface area contributed by atoms with E-state index in [1.54, 1.807) is 31.2 Å². The fourth-order valence-corrected chi connectivity index (χ4v) is 5.97. The number of nitrogens with one attached hydrogen (secondary N) is 1. The maximum Gasteiger partial charge on any atom is 0.309 e. The van der Waals surface area contributed by atoms with Crippen molar-refractivity contribution in [1.82, 2.24) is 0 Å². The van der Waals surface area contributed by atoms with Crippen LogP contribution in [0.4, 0.5) is 11.4 Å². The number of nitro benzene ring substituents is 1. The molecule has 40 heavy (non-hydrogen) atoms. The number of non-ortho nitro benzene ring substituents is 1. The number of nitrogens with zero attached hydrogens (tertiary/aromatic N) is 1. The van der Waals surface area contributed by atoms with Gasteiger partial charge in [0.25, 0.3) is 5.69 Å². The van der Waals surface area contributed by atoms with Crippen LogP contribution in [0.25, 0.3) is 16.7 Å². The van der Waals surface area contributed by atoms with Crippen molar-refractivity contribution in [2.45, 2.75) is 53.2 Å². The molecule has 3 aromatic carbocycles. The molecule has 1 aliphatic rings. The van der Waals surface area contributed by atoms with Crippen molar-refractivity contribution in [1.29, 1.82) is 0 Å². The summed E-state index contributed by atoms with van der Waals surface area (Å²) in [6.45, 7) is 9.95. The molecule has 0 atom stereocenters. The molecule has 0 aromatic heterocycles. The lowest BCUT2D eigenvalue weighted by Gasteiger charge is -2.33. The Kier molecular flexibility index (Phi) is 8.11. The van der Waals surface area contributed by atoms with Gasteiger partial charge < -0.3 is 19.0 Å². The Morgan fingerprint density at radius 1 is 1.00 bits per heavy atom. The Morgan fingerprint density at radius 3 is 2.40 bits per heavy atom. The predicted octanol–water partition coefficient (Wildman–Crippen LogP) is 6.88. The summed E-state index contributed by atoms with van der Waals surface area (Å²) in [5.74, 6) is 0.926. The summed E-state index contributed by atoms with van der Waals surface area (Å²) in [5.41, 5.74) is 5.81. The Morgan fingerprint density at radius 2 is 1.73 bits per heavy atom. The van der Waals surface area contributed by atoms with Gasteiger partial charge in [-0.15, -0.1) is 0 Å². The van der Waals surface area contributed by atoms with Crippen LogP contribution >= 0.6 is 0 Å². The van der Waals surface area contributed by atoms with E-state index in [4.69, 9.17) is 13.7 Å². The Balaban J connectivity index is 1.83. The van der Waals surface area contributed by atoms with Crippen molar-refractivity contribution in [2.75, 3.05) is 18.2 Å². The van der Waals surface area contributed by atoms with Crippen molar-refractivity contribution < 1.29 is 27.0 Å². The molecule has 0 saturated carbocycles. The van der Waals surface area contributed by atoms with Crippen molar-refractivity contribution >= 4 is 27.1 Å². The third-order valence-corrected chi connectivity index (χ3v) is 7.99. The molecule has 9 nitrogen and oxygen atoms in total. The zero-order valence-electron chi connectivity index (χ0n) is 23.5. The van der Waals surface area contributed by atoms with E-state index >= 15 is 0 Å². The smallest absolute Gasteiger partial charge is 0.309 e. The van der Waals surface area contributed by atoms with Crippen LogP contribution in [0.15, 0.2) is 54.6 Å². The largest absolute Gasteiger partial charge is 0.496 e. The van der Waals surface area contributed by atoms with Gasteiger partial charge in [-0.25, -0.2) is 0 Å². The second-order valence-corrected chi connectivity index (χ2v) is 12.1. The summed E-state index contributed by atoms with van der Waals surface area (Å²) in [7, 11) is -2.20. The van der Waals surface area contributed by atoms with Crippen molar-refractivity contribution in [3.05, 3.63) is 81.4 Å². The first-order valence-electron chi connectivity index (χ1n) is 13.0. The van der Waals surface area contributed by atoms with Crippen LogP contribution < -0.4 is 19.0 Å². The van der Waals surface area contributed by atoms with Crippen LogP contribution in [0.2, 0.25) is 0 Å². The van der Waals surface area contributed by atoms with Gasteiger partial charge in [0.2, 0.25) is 0 Å². The molecule has 1 heterocycles. The van der Waals surface area contributed by atoms with Crippen LogP contribution in [0, 0.1) is 17.0 Å². The van der Waals surface area contributed by atoms with Gasteiger partial charge in [-0.1, -0.05) is 19.1 Å². The molecule has 4 rings (SSSR count). The van der Waals surface area contributed by atoms with E-state index in [9.17, 15) is 18.5 Å². The molecule has 0 aliphatic carbocycles. The number of anilines is 1. The second kappa shape index (κ2) is 11.2. The first kappa shape index (κ1) is 28.9. The average Bonchev–Trinajstić information content (AvgIpc) is 2.86. The minimum atomic E-state index is -3.72. The molecule has 3 aromatic rings. The van der Waals surface area contributed by atoms with E-state index in [0.717, 1.165) is 39.1 Å². The molecule has 212 valence electrons. The van der Waals surface area contributed by atoms with Gasteiger partial charge in [0.15, 0.2) is 0 Å². The van der Waals surface area contributed by atoms with Crippen LogP contribution in [0.3, 0.4) is 0 Å². The van der Waals surface area contributed by atoms with Crippen molar-refractivity contribution in [3.63, 3.8) is 0 Å². The lowest BCUT2D eigenvalue weighted by molar-refractivity contribution is -0.385. The number of benzene rings is 3. The van der Waals surface area contributed by atoms with E-state index in [2.05, 4.69) is 25.2 Å². The standard InChI is InChI=1S/C30H34N2O7S/c1-7-14-40(35,36)39-22-10-11-24(28(16-22)37-6)23-12-13-26-29(20(3)17-30(4,5)31-26)25(23)18-38-27-15-21(32(33)34)9-8-19(27)2/h8-13,15-17,31H,7,14,18H2,1-6H3. The third-order valence-electron chi connectivity index (χ3n) is 6.64. The van der Waals surface area contributed by atoms with Gasteiger partial charge in [0, 0.05) is 34.5 Å². The highest BCUT2D eigenvalue weighted by Gasteiger charge is 2.27. The highest BCUT2D eigenvalue weighted by molar-refractivity contribution is 7.87. The van der Waals surface area contributed by atoms with E-state index in [1.807, 2.05) is 26.0 Å². The molecule has 0 unspecified atom stereocenters. The molecule has 0 radical (unpaired) electrons. The summed E-state index contributed by atoms with van der Waals surface area (Å²) < 4.78 is 41.7. The number of nitro groups is 1. The number of methoxy groups -OCH3 is 1. The molecule has 1 aliphatic heterocycles. The van der Waals surface area contributed by atoms with Crippen molar-refractivity contribution in [3.8, 4) is 28.4 Å². The highest BCUT2D eigenvalue weighted by Crippen LogP contribution is 2.43. The molecular formula is C30H34N2O7S. The number of ether oxygens (including phenoxy) is 2. The summed E-state index contributed by atoms with van der Waals surface area (Å²) in [6, 6.07) is 13.4. The molecule has 0 amide bonds. The third kappa shape index (κ3) is 6.22. The number of hydrogen-bond acceptors (Lipinski definition) is 8. The molecule has 10 heteroatoms. The first-order chi connectivity index (χ1) is 18.8. The number of aryl methyl sites for hydroxylation is 1. The van der Waals surface area contributed by atoms with E-state index in [1.165, 1.54) is 19.2 Å². The quantitative estimate of drug-likeness (QED) is 0.160. The van der Waals surface area contributed by atoms with Crippen LogP contribution in [0.5, 0.6) is 17.2 Å². The fourth-order valence-electron chi connectivity index (χ4n) is 4.99. The van der Waals surface area contributed by atoms with Crippen LogP contribution in [0.1, 0.15) is 50.8 Å². The zero-order chi connectivity index (χ0) is 29.2. The first-order valence-corrected chi connectivity index (χ1v) is 14.5. The summed E-state index contributed by atoms with van der Waals surface area (Å²) in [6.07, 6.45) is 2.59. The Labute approximate surface area is 235 Å². The zero-order valence-corrected chi connectivity index (χ0v) is 24.3. The summed E-state index contributed by atoms with van der Waals surface area (Å²) >= 11 is 0. The number of hydrogen-bond donors (Lipinski definition) is 1. The minimum Gasteiger partial charge on any atom is -0.496 e. The lowest BCUT2D eigenvalue weighted by Crippen LogP contribution is -2.32. The number of allylic oxidation sites excluding steroid dienone is 1. The second-order valence-electron chi connectivity index (χ2n) is 10.4. The van der Waals surface area contributed by atoms with Gasteiger partial charge in [-0.3, -0.25) is 10.1 Å².